The molecule has 6 nitrogen and oxygen atoms in total. The van der Waals surface area contributed by atoms with Crippen LogP contribution in [0.5, 0.6) is 11.5 Å². The fourth-order valence-electron chi connectivity index (χ4n) is 1.94. The van der Waals surface area contributed by atoms with E-state index in [1.54, 1.807) is 17.9 Å². The van der Waals surface area contributed by atoms with Crippen LogP contribution < -0.4 is 9.47 Å². The van der Waals surface area contributed by atoms with Crippen LogP contribution >= 0.6 is 0 Å². The summed E-state index contributed by atoms with van der Waals surface area (Å²) >= 11 is 0. The number of rotatable bonds is 7. The van der Waals surface area contributed by atoms with Crippen LogP contribution in [0.1, 0.15) is 31.1 Å². The SMILES string of the molecule is CCN(CC)C(=O)C(C)Oc1ccc(OC)cc1C(=O)O. The molecule has 116 valence electrons. The van der Waals surface area contributed by atoms with Gasteiger partial charge in [0.05, 0.1) is 7.11 Å². The number of ether oxygens (including phenoxy) is 2. The second kappa shape index (κ2) is 7.52. The second-order valence-electron chi connectivity index (χ2n) is 4.44. The molecule has 6 heteroatoms. The number of hydrogen-bond donors (Lipinski definition) is 1. The third kappa shape index (κ3) is 4.11. The molecule has 0 fully saturated rings. The summed E-state index contributed by atoms with van der Waals surface area (Å²) in [6, 6.07) is 4.46. The highest BCUT2D eigenvalue weighted by atomic mass is 16.5. The Morgan fingerprint density at radius 1 is 1.29 bits per heavy atom. The minimum Gasteiger partial charge on any atom is -0.497 e. The summed E-state index contributed by atoms with van der Waals surface area (Å²) in [5.41, 5.74) is -0.0338. The maximum Gasteiger partial charge on any atom is 0.339 e. The molecule has 0 aliphatic heterocycles. The second-order valence-corrected chi connectivity index (χ2v) is 4.44. The Hall–Kier alpha value is -2.24. The van der Waals surface area contributed by atoms with Crippen molar-refractivity contribution in [2.24, 2.45) is 0 Å². The van der Waals surface area contributed by atoms with Crippen LogP contribution in [0.25, 0.3) is 0 Å². The van der Waals surface area contributed by atoms with Gasteiger partial charge in [-0.15, -0.1) is 0 Å². The van der Waals surface area contributed by atoms with Gasteiger partial charge < -0.3 is 19.5 Å². The average molecular weight is 295 g/mol. The van der Waals surface area contributed by atoms with Crippen molar-refractivity contribution in [3.8, 4) is 11.5 Å². The van der Waals surface area contributed by atoms with Crippen LogP contribution in [-0.2, 0) is 4.79 Å². The van der Waals surface area contributed by atoms with Gasteiger partial charge in [-0.2, -0.15) is 0 Å². The number of likely N-dealkylation sites (N-methyl/N-ethyl adjacent to an activating group) is 1. The maximum absolute atomic E-state index is 12.1. The Morgan fingerprint density at radius 3 is 2.38 bits per heavy atom. The first kappa shape index (κ1) is 16.8. The summed E-state index contributed by atoms with van der Waals surface area (Å²) in [6.45, 7) is 6.53. The number of carbonyl (C=O) groups excluding carboxylic acids is 1. The minimum atomic E-state index is -1.13. The first-order valence-electron chi connectivity index (χ1n) is 6.81. The number of hydrogen-bond acceptors (Lipinski definition) is 4. The molecule has 1 aromatic carbocycles. The number of aromatic carboxylic acids is 1. The van der Waals surface area contributed by atoms with Crippen molar-refractivity contribution in [1.82, 2.24) is 4.90 Å². The van der Waals surface area contributed by atoms with Gasteiger partial charge in [-0.3, -0.25) is 4.79 Å². The van der Waals surface area contributed by atoms with Crippen molar-refractivity contribution >= 4 is 11.9 Å². The third-order valence-corrected chi connectivity index (χ3v) is 3.14. The molecule has 0 saturated heterocycles. The van der Waals surface area contributed by atoms with Gasteiger partial charge in [0.15, 0.2) is 6.10 Å². The molecular formula is C15H21NO5. The Bertz CT molecular complexity index is 511. The largest absolute Gasteiger partial charge is 0.497 e. The van der Waals surface area contributed by atoms with E-state index in [-0.39, 0.29) is 17.2 Å². The standard InChI is InChI=1S/C15H21NO5/c1-5-16(6-2)14(17)10(3)21-13-8-7-11(20-4)9-12(13)15(18)19/h7-10H,5-6H2,1-4H3,(H,18,19). The third-order valence-electron chi connectivity index (χ3n) is 3.14. The lowest BCUT2D eigenvalue weighted by Gasteiger charge is -2.24. The lowest BCUT2D eigenvalue weighted by atomic mass is 10.2. The molecule has 0 aromatic heterocycles. The van der Waals surface area contributed by atoms with Crippen LogP contribution in [0.4, 0.5) is 0 Å². The lowest BCUT2D eigenvalue weighted by Crippen LogP contribution is -2.40. The molecule has 0 aliphatic rings. The first-order chi connectivity index (χ1) is 9.94. The molecule has 1 atom stereocenters. The van der Waals surface area contributed by atoms with Gasteiger partial charge in [0.1, 0.15) is 17.1 Å². The van der Waals surface area contributed by atoms with Crippen molar-refractivity contribution < 1.29 is 24.2 Å². The summed E-state index contributed by atoms with van der Waals surface area (Å²) in [7, 11) is 1.45. The number of carboxylic acids is 1. The van der Waals surface area contributed by atoms with E-state index in [0.717, 1.165) is 0 Å². The fourth-order valence-corrected chi connectivity index (χ4v) is 1.94. The summed E-state index contributed by atoms with van der Waals surface area (Å²) in [4.78, 5) is 25.0. The monoisotopic (exact) mass is 295 g/mol. The number of benzene rings is 1. The molecule has 0 radical (unpaired) electrons. The molecule has 1 rings (SSSR count). The summed E-state index contributed by atoms with van der Waals surface area (Å²) in [5.74, 6) is -0.739. The van der Waals surface area contributed by atoms with Crippen molar-refractivity contribution in [2.75, 3.05) is 20.2 Å². The van der Waals surface area contributed by atoms with Crippen LogP contribution in [0.2, 0.25) is 0 Å². The predicted molar refractivity (Wildman–Crippen MR) is 78.0 cm³/mol. The van der Waals surface area contributed by atoms with Crippen molar-refractivity contribution in [1.29, 1.82) is 0 Å². The number of methoxy groups -OCH3 is 1. The molecule has 1 amide bonds. The van der Waals surface area contributed by atoms with Crippen molar-refractivity contribution in [3.63, 3.8) is 0 Å². The summed E-state index contributed by atoms with van der Waals surface area (Å²) < 4.78 is 10.5. The topological polar surface area (TPSA) is 76.1 Å². The van der Waals surface area contributed by atoms with E-state index < -0.39 is 12.1 Å². The molecule has 0 heterocycles. The Kier molecular flexibility index (Phi) is 6.02. The zero-order chi connectivity index (χ0) is 16.0. The Labute approximate surface area is 124 Å². The van der Waals surface area contributed by atoms with E-state index in [2.05, 4.69) is 0 Å². The van der Waals surface area contributed by atoms with Gasteiger partial charge in [-0.25, -0.2) is 4.79 Å². The number of nitrogens with zero attached hydrogens (tertiary/aromatic N) is 1. The quantitative estimate of drug-likeness (QED) is 0.833. The number of amides is 1. The zero-order valence-electron chi connectivity index (χ0n) is 12.8. The molecule has 0 spiro atoms. The average Bonchev–Trinajstić information content (AvgIpc) is 2.48. The normalized spacial score (nSPS) is 11.6. The fraction of sp³-hybridized carbons (Fsp3) is 0.467. The summed E-state index contributed by atoms with van der Waals surface area (Å²) in [5, 5.41) is 9.21. The van der Waals surface area contributed by atoms with Gasteiger partial charge in [0.2, 0.25) is 0 Å². The molecule has 21 heavy (non-hydrogen) atoms. The lowest BCUT2D eigenvalue weighted by molar-refractivity contribution is -0.137. The van der Waals surface area contributed by atoms with E-state index in [9.17, 15) is 14.7 Å². The molecule has 1 N–H and O–H groups in total. The highest BCUT2D eigenvalue weighted by molar-refractivity contribution is 5.91. The molecule has 0 aliphatic carbocycles. The van der Waals surface area contributed by atoms with E-state index in [0.29, 0.717) is 18.8 Å². The molecule has 0 saturated carbocycles. The van der Waals surface area contributed by atoms with E-state index in [1.807, 2.05) is 13.8 Å². The number of carboxylic acid groups (broad SMARTS) is 1. The minimum absolute atomic E-state index is 0.0338. The maximum atomic E-state index is 12.1. The smallest absolute Gasteiger partial charge is 0.339 e. The summed E-state index contributed by atoms with van der Waals surface area (Å²) in [6.07, 6.45) is -0.753. The molecule has 0 bridgehead atoms. The van der Waals surface area contributed by atoms with E-state index >= 15 is 0 Å². The highest BCUT2D eigenvalue weighted by Crippen LogP contribution is 2.25. The van der Waals surface area contributed by atoms with Crippen LogP contribution in [0.3, 0.4) is 0 Å². The van der Waals surface area contributed by atoms with Crippen LogP contribution in [0.15, 0.2) is 18.2 Å². The molecular weight excluding hydrogens is 274 g/mol. The van der Waals surface area contributed by atoms with Crippen LogP contribution in [-0.4, -0.2) is 48.2 Å². The van der Waals surface area contributed by atoms with Gasteiger partial charge in [0, 0.05) is 13.1 Å². The highest BCUT2D eigenvalue weighted by Gasteiger charge is 2.22. The molecule has 1 aromatic rings. The Morgan fingerprint density at radius 2 is 1.90 bits per heavy atom. The van der Waals surface area contributed by atoms with E-state index in [4.69, 9.17) is 9.47 Å². The van der Waals surface area contributed by atoms with E-state index in [1.165, 1.54) is 19.2 Å². The van der Waals surface area contributed by atoms with Gasteiger partial charge in [-0.05, 0) is 39.0 Å². The van der Waals surface area contributed by atoms with Gasteiger partial charge >= 0.3 is 5.97 Å². The number of carbonyl (C=O) groups is 2. The molecule has 1 unspecified atom stereocenters. The van der Waals surface area contributed by atoms with Crippen molar-refractivity contribution in [3.05, 3.63) is 23.8 Å². The van der Waals surface area contributed by atoms with Gasteiger partial charge in [-0.1, -0.05) is 0 Å². The predicted octanol–water partition coefficient (Wildman–Crippen LogP) is 2.03. The van der Waals surface area contributed by atoms with Crippen LogP contribution in [0, 0.1) is 0 Å². The first-order valence-corrected chi connectivity index (χ1v) is 6.81. The van der Waals surface area contributed by atoms with Gasteiger partial charge in [0.25, 0.3) is 5.91 Å². The van der Waals surface area contributed by atoms with Crippen molar-refractivity contribution in [2.45, 2.75) is 26.9 Å². The Balaban J connectivity index is 2.96. The zero-order valence-corrected chi connectivity index (χ0v) is 12.8.